The van der Waals surface area contributed by atoms with Gasteiger partial charge in [-0.3, -0.25) is 0 Å². The molecule has 7 nitrogen and oxygen atoms in total. The molecule has 1 aliphatic heterocycles. The largest absolute Gasteiger partial charge is 0.488 e. The van der Waals surface area contributed by atoms with Gasteiger partial charge in [0.25, 0.3) is 0 Å². The molecule has 0 saturated carbocycles. The second kappa shape index (κ2) is 11.4. The maximum absolute atomic E-state index is 12.7. The molecule has 3 aromatic rings. The fourth-order valence-corrected chi connectivity index (χ4v) is 4.89. The second-order valence-electron chi connectivity index (χ2n) is 10.2. The number of aromatic nitrogens is 2. The van der Waals surface area contributed by atoms with E-state index in [1.807, 2.05) is 32.9 Å². The van der Waals surface area contributed by atoms with E-state index < -0.39 is 5.60 Å². The number of hydrogen-bond donors (Lipinski definition) is 1. The van der Waals surface area contributed by atoms with Crippen molar-refractivity contribution in [3.8, 4) is 28.1 Å². The van der Waals surface area contributed by atoms with Gasteiger partial charge in [-0.05, 0) is 90.5 Å². The molecule has 1 aliphatic carbocycles. The van der Waals surface area contributed by atoms with E-state index in [4.69, 9.17) is 26.1 Å². The van der Waals surface area contributed by atoms with Crippen molar-refractivity contribution in [2.75, 3.05) is 13.7 Å². The van der Waals surface area contributed by atoms with Gasteiger partial charge in [0.05, 0.1) is 12.2 Å². The van der Waals surface area contributed by atoms with Crippen LogP contribution >= 0.6 is 21.1 Å². The first-order valence-electron chi connectivity index (χ1n) is 12.5. The molecule has 1 aromatic heterocycles. The maximum Gasteiger partial charge on any atom is 0.410 e. The van der Waals surface area contributed by atoms with Crippen LogP contribution in [-0.2, 0) is 35.3 Å². The lowest BCUT2D eigenvalue weighted by Gasteiger charge is -2.26. The van der Waals surface area contributed by atoms with Gasteiger partial charge in [-0.25, -0.2) is 9.78 Å². The number of ether oxygens (including phenoxy) is 2. The monoisotopic (exact) mass is 543 g/mol. The number of carbonyl (C=O) groups excluding carboxylic acids is 1. The average Bonchev–Trinajstić information content (AvgIpc) is 3.25. The number of aromatic amines is 1. The number of amides is 1. The molecule has 2 aliphatic rings. The van der Waals surface area contributed by atoms with Crippen molar-refractivity contribution in [1.82, 2.24) is 14.9 Å². The van der Waals surface area contributed by atoms with Crippen LogP contribution < -0.4 is 4.74 Å². The summed E-state index contributed by atoms with van der Waals surface area (Å²) in [5.74, 6) is 1.64. The molecule has 1 atom stereocenters. The molecule has 2 heterocycles. The van der Waals surface area contributed by atoms with Gasteiger partial charge < -0.3 is 23.9 Å². The molecule has 0 radical (unpaired) electrons. The lowest BCUT2D eigenvalue weighted by atomic mass is 9.87. The molecule has 0 bridgehead atoms. The molecular weight excluding hydrogens is 509 g/mol. The molecule has 9 heteroatoms. The van der Waals surface area contributed by atoms with Crippen LogP contribution in [0, 0.1) is 0 Å². The van der Waals surface area contributed by atoms with E-state index in [-0.39, 0.29) is 6.09 Å². The van der Waals surface area contributed by atoms with E-state index in [0.29, 0.717) is 19.7 Å². The van der Waals surface area contributed by atoms with E-state index >= 15 is 0 Å². The van der Waals surface area contributed by atoms with Crippen LogP contribution in [0.15, 0.2) is 30.3 Å². The first-order valence-corrected chi connectivity index (χ1v) is 13.4. The number of halogens is 1. The highest BCUT2D eigenvalue weighted by Gasteiger charge is 2.27. The van der Waals surface area contributed by atoms with Gasteiger partial charge in [0.1, 0.15) is 23.8 Å². The summed E-state index contributed by atoms with van der Waals surface area (Å²) in [4.78, 5) is 22.8. The van der Waals surface area contributed by atoms with Gasteiger partial charge in [0, 0.05) is 35.5 Å². The number of nitrogens with zero attached hydrogens (tertiary/aromatic N) is 2. The van der Waals surface area contributed by atoms with Gasteiger partial charge in [-0.2, -0.15) is 0 Å². The molecule has 37 heavy (non-hydrogen) atoms. The van der Waals surface area contributed by atoms with Gasteiger partial charge in [0.15, 0.2) is 0 Å². The molecule has 1 N–H and O–H groups in total. The van der Waals surface area contributed by atoms with Gasteiger partial charge in [-0.15, -0.1) is 0 Å². The third-order valence-corrected chi connectivity index (χ3v) is 6.39. The zero-order valence-electron chi connectivity index (χ0n) is 22.1. The Morgan fingerprint density at radius 2 is 1.92 bits per heavy atom. The first-order chi connectivity index (χ1) is 17.6. The first kappa shape index (κ1) is 27.4. The minimum atomic E-state index is -0.534. The number of benzene rings is 2. The number of imidazole rings is 1. The minimum Gasteiger partial charge on any atom is -0.488 e. The van der Waals surface area contributed by atoms with E-state index in [1.165, 1.54) is 11.1 Å². The Labute approximate surface area is 226 Å². The summed E-state index contributed by atoms with van der Waals surface area (Å²) < 4.78 is 15.9. The lowest BCUT2D eigenvalue weighted by molar-refractivity contribution is 0.0229. The predicted octanol–water partition coefficient (Wildman–Crippen LogP) is 6.96. The van der Waals surface area contributed by atoms with Crippen LogP contribution in [0.2, 0.25) is 5.02 Å². The number of carbonyl (C=O) groups is 1. The summed E-state index contributed by atoms with van der Waals surface area (Å²) in [6.45, 7) is 9.20. The van der Waals surface area contributed by atoms with E-state index in [2.05, 4.69) is 44.1 Å². The maximum atomic E-state index is 12.7. The van der Waals surface area contributed by atoms with Crippen LogP contribution in [-0.4, -0.2) is 40.2 Å². The predicted molar refractivity (Wildman–Crippen MR) is 150 cm³/mol. The highest BCUT2D eigenvalue weighted by molar-refractivity contribution is 7.09. The summed E-state index contributed by atoms with van der Waals surface area (Å²) >= 11 is 6.18. The number of nitrogens with one attached hydrogen (secondary N) is 1. The highest BCUT2D eigenvalue weighted by atomic mass is 35.5. The van der Waals surface area contributed by atoms with Crippen LogP contribution in [0.25, 0.3) is 22.4 Å². The van der Waals surface area contributed by atoms with Crippen molar-refractivity contribution >= 4 is 27.2 Å². The van der Waals surface area contributed by atoms with E-state index in [1.54, 1.807) is 12.0 Å². The zero-order valence-corrected chi connectivity index (χ0v) is 24.0. The molecule has 1 unspecified atom stereocenters. The lowest BCUT2D eigenvalue weighted by Crippen LogP contribution is -2.37. The van der Waals surface area contributed by atoms with Crippen LogP contribution in [0.3, 0.4) is 0 Å². The average molecular weight is 544 g/mol. The number of hydrogen-bond acceptors (Lipinski definition) is 5. The van der Waals surface area contributed by atoms with Crippen molar-refractivity contribution in [3.63, 3.8) is 0 Å². The standard InChI is InChI=1S/C27H30ClN3O3.CH5OP/c1-5-10-31(26(32)34-27(2,3)4)14-24-29-22-9-6-16-12-21-19-8-7-18(28)11-17(19)15-33-23(21)13-20(16)25(22)30-24;1-2-3/h7-8,11-13H,5-6,9-10,14-15H2,1-4H3,(H,29,30);3H2,1H3. The normalized spacial score (nSPS) is 13.2. The van der Waals surface area contributed by atoms with Gasteiger partial charge in [0.2, 0.25) is 0 Å². The fraction of sp³-hybridized carbons (Fsp3) is 0.429. The molecule has 5 rings (SSSR count). The Bertz CT molecular complexity index is 1290. The van der Waals surface area contributed by atoms with Crippen LogP contribution in [0.1, 0.15) is 56.8 Å². The SMILES string of the molecule is CCCN(Cc1nc2c([nH]1)CCc1cc3c(cc1-2)OCc1cc(Cl)ccc1-3)C(=O)OC(C)(C)C.COP. The molecule has 1 amide bonds. The van der Waals surface area contributed by atoms with E-state index in [0.717, 1.165) is 63.9 Å². The Morgan fingerprint density at radius 3 is 2.62 bits per heavy atom. The van der Waals surface area contributed by atoms with Crippen molar-refractivity contribution in [1.29, 1.82) is 0 Å². The number of aryl methyl sites for hydroxylation is 2. The third-order valence-electron chi connectivity index (χ3n) is 6.16. The third kappa shape index (κ3) is 6.28. The summed E-state index contributed by atoms with van der Waals surface area (Å²) in [5.41, 5.74) is 7.26. The second-order valence-corrected chi connectivity index (χ2v) is 11.2. The Kier molecular flexibility index (Phi) is 8.47. The minimum absolute atomic E-state index is 0.314. The molecule has 0 spiro atoms. The highest BCUT2D eigenvalue weighted by Crippen LogP contribution is 2.44. The fourth-order valence-electron chi connectivity index (χ4n) is 4.70. The van der Waals surface area contributed by atoms with E-state index in [9.17, 15) is 4.79 Å². The van der Waals surface area contributed by atoms with Crippen molar-refractivity contribution < 1.29 is 18.8 Å². The molecular formula is C28H35ClN3O4P. The summed E-state index contributed by atoms with van der Waals surface area (Å²) in [6, 6.07) is 10.3. The summed E-state index contributed by atoms with van der Waals surface area (Å²) in [5, 5.41) is 0.723. The topological polar surface area (TPSA) is 76.7 Å². The Morgan fingerprint density at radius 1 is 1.16 bits per heavy atom. The van der Waals surface area contributed by atoms with Crippen molar-refractivity contribution in [2.45, 2.75) is 65.7 Å². The number of H-pyrrole nitrogens is 1. The Hall–Kier alpha value is -2.60. The van der Waals surface area contributed by atoms with Gasteiger partial charge in [-0.1, -0.05) is 24.6 Å². The molecule has 2 aromatic carbocycles. The van der Waals surface area contributed by atoms with Crippen molar-refractivity contribution in [2.24, 2.45) is 0 Å². The molecule has 0 fully saturated rings. The quantitative estimate of drug-likeness (QED) is 0.360. The molecule has 198 valence electrons. The van der Waals surface area contributed by atoms with Crippen LogP contribution in [0.5, 0.6) is 5.75 Å². The number of fused-ring (bicyclic) bond motifs is 6. The molecule has 0 saturated heterocycles. The van der Waals surface area contributed by atoms with Gasteiger partial charge >= 0.3 is 6.09 Å². The van der Waals surface area contributed by atoms with Crippen molar-refractivity contribution in [3.05, 3.63) is 58.0 Å². The number of rotatable bonds is 4. The smallest absolute Gasteiger partial charge is 0.410 e. The van der Waals surface area contributed by atoms with Crippen LogP contribution in [0.4, 0.5) is 4.79 Å². The zero-order chi connectivity index (χ0) is 26.7. The summed E-state index contributed by atoms with van der Waals surface area (Å²) in [7, 11) is 3.67. The Balaban J connectivity index is 0.00000102. The summed E-state index contributed by atoms with van der Waals surface area (Å²) in [6.07, 6.45) is 2.33.